The topological polar surface area (TPSA) is 124 Å². The van der Waals surface area contributed by atoms with Gasteiger partial charge in [0.15, 0.2) is 0 Å². The summed E-state index contributed by atoms with van der Waals surface area (Å²) in [6.07, 6.45) is 3.26. The molecule has 146 valence electrons. The first-order chi connectivity index (χ1) is 13.1. The smallest absolute Gasteiger partial charge is 0.272 e. The van der Waals surface area contributed by atoms with E-state index < -0.39 is 33.9 Å². The Morgan fingerprint density at radius 3 is 2.82 bits per heavy atom. The van der Waals surface area contributed by atoms with E-state index in [1.807, 2.05) is 0 Å². The zero-order valence-electron chi connectivity index (χ0n) is 15.0. The van der Waals surface area contributed by atoms with E-state index in [0.717, 1.165) is 6.07 Å². The van der Waals surface area contributed by atoms with Crippen LogP contribution >= 0.6 is 0 Å². The third kappa shape index (κ3) is 3.55. The summed E-state index contributed by atoms with van der Waals surface area (Å²) >= 11 is 0. The van der Waals surface area contributed by atoms with Crippen molar-refractivity contribution >= 4 is 27.7 Å². The van der Waals surface area contributed by atoms with Gasteiger partial charge in [0.1, 0.15) is 22.5 Å². The van der Waals surface area contributed by atoms with Crippen molar-refractivity contribution in [3.05, 3.63) is 53.1 Å². The fourth-order valence-electron chi connectivity index (χ4n) is 2.89. The van der Waals surface area contributed by atoms with Crippen LogP contribution < -0.4 is 10.0 Å². The van der Waals surface area contributed by atoms with Gasteiger partial charge in [-0.25, -0.2) is 17.5 Å². The number of benzene rings is 1. The highest BCUT2D eigenvalue weighted by atomic mass is 32.2. The number of aliphatic hydroxyl groups is 1. The van der Waals surface area contributed by atoms with Gasteiger partial charge in [0.05, 0.1) is 17.7 Å². The zero-order valence-corrected chi connectivity index (χ0v) is 15.8. The van der Waals surface area contributed by atoms with Crippen molar-refractivity contribution < 1.29 is 22.7 Å². The number of fused-ring (bicyclic) bond motifs is 1. The van der Waals surface area contributed by atoms with E-state index in [1.54, 1.807) is 6.07 Å². The molecule has 0 fully saturated rings. The van der Waals surface area contributed by atoms with E-state index in [2.05, 4.69) is 10.0 Å². The second-order valence-corrected chi connectivity index (χ2v) is 8.06. The number of carbonyl (C=O) groups is 1. The van der Waals surface area contributed by atoms with Gasteiger partial charge in [-0.05, 0) is 25.1 Å². The Balaban J connectivity index is 2.03. The number of nitrogens with one attached hydrogen (secondary N) is 2. The number of carbonyl (C=O) groups excluding carboxylic acids is 1. The molecule has 0 bridgehead atoms. The molecule has 2 atom stereocenters. The summed E-state index contributed by atoms with van der Waals surface area (Å²) < 4.78 is 42.4. The molecule has 0 spiro atoms. The maximum atomic E-state index is 13.5. The fraction of sp³-hybridized carbons (Fsp3) is 0.222. The molecule has 3 N–H and O–H groups in total. The molecule has 2 aromatic rings. The minimum absolute atomic E-state index is 0.0608. The summed E-state index contributed by atoms with van der Waals surface area (Å²) in [6, 6.07) is 4.39. The Morgan fingerprint density at radius 2 is 2.18 bits per heavy atom. The highest BCUT2D eigenvalue weighted by Gasteiger charge is 2.31. The highest BCUT2D eigenvalue weighted by Crippen LogP contribution is 2.27. The molecule has 1 aromatic heterocycles. The number of nitrogens with zero attached hydrogens (tertiary/aromatic N) is 2. The molecule has 1 unspecified atom stereocenters. The van der Waals surface area contributed by atoms with Crippen LogP contribution in [0.4, 0.5) is 10.1 Å². The van der Waals surface area contributed by atoms with Crippen LogP contribution in [0, 0.1) is 17.1 Å². The molecule has 1 amide bonds. The maximum absolute atomic E-state index is 13.5. The molecular formula is C18H17FN4O4S. The van der Waals surface area contributed by atoms with E-state index in [9.17, 15) is 22.7 Å². The zero-order chi connectivity index (χ0) is 20.6. The molecular weight excluding hydrogens is 387 g/mol. The summed E-state index contributed by atoms with van der Waals surface area (Å²) in [5, 5.41) is 21.2. The average Bonchev–Trinajstić information content (AvgIpc) is 2.90. The van der Waals surface area contributed by atoms with E-state index in [-0.39, 0.29) is 27.4 Å². The van der Waals surface area contributed by atoms with Crippen LogP contribution in [0.15, 0.2) is 35.4 Å². The first-order valence-electron chi connectivity index (χ1n) is 8.23. The number of amides is 1. The third-order valence-electron chi connectivity index (χ3n) is 4.31. The summed E-state index contributed by atoms with van der Waals surface area (Å²) in [7, 11) is -2.44. The molecule has 0 saturated carbocycles. The number of nitriles is 1. The fourth-order valence-corrected chi connectivity index (χ4v) is 4.41. The summed E-state index contributed by atoms with van der Waals surface area (Å²) in [5.41, 5.74) is 0.192. The van der Waals surface area contributed by atoms with Gasteiger partial charge >= 0.3 is 0 Å². The van der Waals surface area contributed by atoms with Gasteiger partial charge < -0.3 is 15.0 Å². The lowest BCUT2D eigenvalue weighted by Gasteiger charge is -2.15. The van der Waals surface area contributed by atoms with E-state index in [1.165, 1.54) is 49.0 Å². The number of hydrogen-bond donors (Lipinski definition) is 3. The number of rotatable bonds is 3. The first kappa shape index (κ1) is 19.8. The second kappa shape index (κ2) is 7.20. The van der Waals surface area contributed by atoms with Crippen molar-refractivity contribution in [3.8, 4) is 6.07 Å². The Hall–Kier alpha value is -3.00. The summed E-state index contributed by atoms with van der Waals surface area (Å²) in [6.45, 7) is 1.45. The van der Waals surface area contributed by atoms with Crippen molar-refractivity contribution in [2.45, 2.75) is 24.0 Å². The van der Waals surface area contributed by atoms with Crippen molar-refractivity contribution in [2.24, 2.45) is 7.05 Å². The number of hydrogen-bond acceptors (Lipinski definition) is 5. The van der Waals surface area contributed by atoms with Gasteiger partial charge in [0, 0.05) is 24.5 Å². The molecule has 1 aliphatic rings. The van der Waals surface area contributed by atoms with Crippen LogP contribution in [0.3, 0.4) is 0 Å². The first-order valence-corrected chi connectivity index (χ1v) is 9.71. The van der Waals surface area contributed by atoms with E-state index >= 15 is 0 Å². The Labute approximate surface area is 161 Å². The van der Waals surface area contributed by atoms with Crippen molar-refractivity contribution in [1.29, 1.82) is 5.26 Å². The Morgan fingerprint density at radius 1 is 1.46 bits per heavy atom. The lowest BCUT2D eigenvalue weighted by atomic mass is 10.1. The molecule has 2 heterocycles. The van der Waals surface area contributed by atoms with E-state index in [0.29, 0.717) is 0 Å². The van der Waals surface area contributed by atoms with Gasteiger partial charge in [-0.3, -0.25) is 4.79 Å². The molecule has 1 aliphatic heterocycles. The van der Waals surface area contributed by atoms with Crippen molar-refractivity contribution in [2.75, 3.05) is 5.32 Å². The second-order valence-electron chi connectivity index (χ2n) is 6.37. The lowest BCUT2D eigenvalue weighted by molar-refractivity contribution is 0.101. The number of anilines is 1. The van der Waals surface area contributed by atoms with Crippen LogP contribution in [-0.4, -0.2) is 36.1 Å². The van der Waals surface area contributed by atoms with Crippen LogP contribution in [0.2, 0.25) is 0 Å². The monoisotopic (exact) mass is 404 g/mol. The quantitative estimate of drug-likeness (QED) is 0.712. The SMILES string of the molecule is C[C@H](O)C1C=Cc2c(cn(C)c2C(=O)Nc2ccc(F)c(C#N)c2)S(=O)(=O)N1. The molecule has 0 saturated heterocycles. The number of aliphatic hydroxyl groups excluding tert-OH is 1. The van der Waals surface area contributed by atoms with Crippen LogP contribution in [-0.2, 0) is 17.1 Å². The maximum Gasteiger partial charge on any atom is 0.272 e. The van der Waals surface area contributed by atoms with Crippen molar-refractivity contribution in [1.82, 2.24) is 9.29 Å². The molecule has 0 radical (unpaired) electrons. The molecule has 10 heteroatoms. The molecule has 0 aliphatic carbocycles. The molecule has 8 nitrogen and oxygen atoms in total. The summed E-state index contributed by atoms with van der Waals surface area (Å²) in [5.74, 6) is -1.34. The van der Waals surface area contributed by atoms with Crippen LogP contribution in [0.5, 0.6) is 0 Å². The van der Waals surface area contributed by atoms with Gasteiger partial charge in [-0.1, -0.05) is 12.2 Å². The van der Waals surface area contributed by atoms with Gasteiger partial charge in [-0.15, -0.1) is 0 Å². The number of sulfonamides is 1. The molecule has 1 aromatic carbocycles. The van der Waals surface area contributed by atoms with Crippen LogP contribution in [0.1, 0.15) is 28.5 Å². The van der Waals surface area contributed by atoms with Gasteiger partial charge in [-0.2, -0.15) is 5.26 Å². The summed E-state index contributed by atoms with van der Waals surface area (Å²) in [4.78, 5) is 12.7. The minimum Gasteiger partial charge on any atom is -0.391 e. The number of aromatic nitrogens is 1. The standard InChI is InChI=1S/C18H17FN4O4S/c1-10(24)15-6-4-13-16(28(26,27)22-15)9-23(2)17(13)18(25)21-12-3-5-14(19)11(7-12)8-20/h3-7,9-10,15,22,24H,1-2H3,(H,21,25)/t10-,15?/m0/s1. The Kier molecular flexibility index (Phi) is 5.08. The predicted molar refractivity (Wildman–Crippen MR) is 99.3 cm³/mol. The number of aryl methyl sites for hydroxylation is 1. The van der Waals surface area contributed by atoms with Crippen molar-refractivity contribution in [3.63, 3.8) is 0 Å². The lowest BCUT2D eigenvalue weighted by Crippen LogP contribution is -2.39. The number of halogens is 1. The third-order valence-corrected chi connectivity index (χ3v) is 5.80. The largest absolute Gasteiger partial charge is 0.391 e. The highest BCUT2D eigenvalue weighted by molar-refractivity contribution is 7.89. The van der Waals surface area contributed by atoms with Crippen LogP contribution in [0.25, 0.3) is 6.08 Å². The van der Waals surface area contributed by atoms with Gasteiger partial charge in [0.25, 0.3) is 5.91 Å². The Bertz CT molecular complexity index is 1130. The molecule has 3 rings (SSSR count). The molecule has 28 heavy (non-hydrogen) atoms. The van der Waals surface area contributed by atoms with E-state index in [4.69, 9.17) is 5.26 Å². The normalized spacial score (nSPS) is 18.6. The predicted octanol–water partition coefficient (Wildman–Crippen LogP) is 1.34. The average molecular weight is 404 g/mol. The minimum atomic E-state index is -3.96. The van der Waals surface area contributed by atoms with Gasteiger partial charge in [0.2, 0.25) is 10.0 Å².